The Balaban J connectivity index is 1.89. The number of aryl methyl sites for hydroxylation is 2. The van der Waals surface area contributed by atoms with E-state index < -0.39 is 26.6 Å². The Bertz CT molecular complexity index is 1140. The number of amides is 1. The Kier molecular flexibility index (Phi) is 5.46. The Hall–Kier alpha value is -3.19. The highest BCUT2D eigenvalue weighted by atomic mass is 32.2. The van der Waals surface area contributed by atoms with Crippen LogP contribution in [-0.4, -0.2) is 14.3 Å². The molecular formula is C21H19FN2O3S. The zero-order chi connectivity index (χ0) is 20.3. The maximum Gasteiger partial charge on any atom is 0.264 e. The molecule has 3 aromatic rings. The van der Waals surface area contributed by atoms with Crippen LogP contribution in [0.4, 0.5) is 15.8 Å². The van der Waals surface area contributed by atoms with Gasteiger partial charge in [-0.1, -0.05) is 24.3 Å². The molecule has 28 heavy (non-hydrogen) atoms. The third-order valence-electron chi connectivity index (χ3n) is 4.03. The fourth-order valence-corrected chi connectivity index (χ4v) is 3.85. The smallest absolute Gasteiger partial charge is 0.264 e. The molecule has 3 aromatic carbocycles. The van der Waals surface area contributed by atoms with Crippen LogP contribution in [0.5, 0.6) is 0 Å². The molecule has 5 nitrogen and oxygen atoms in total. The van der Waals surface area contributed by atoms with Crippen LogP contribution >= 0.6 is 0 Å². The van der Waals surface area contributed by atoms with E-state index in [2.05, 4.69) is 10.0 Å². The van der Waals surface area contributed by atoms with Crippen molar-refractivity contribution >= 4 is 27.3 Å². The van der Waals surface area contributed by atoms with E-state index in [1.54, 1.807) is 36.4 Å². The maximum atomic E-state index is 14.2. The molecule has 0 atom stereocenters. The average molecular weight is 398 g/mol. The van der Waals surface area contributed by atoms with Gasteiger partial charge in [-0.3, -0.25) is 9.52 Å². The summed E-state index contributed by atoms with van der Waals surface area (Å²) >= 11 is 0. The molecule has 0 aromatic heterocycles. The number of hydrogen-bond donors (Lipinski definition) is 2. The van der Waals surface area contributed by atoms with E-state index in [0.29, 0.717) is 11.4 Å². The summed E-state index contributed by atoms with van der Waals surface area (Å²) in [5.74, 6) is -1.47. The van der Waals surface area contributed by atoms with Crippen LogP contribution in [0.2, 0.25) is 0 Å². The normalized spacial score (nSPS) is 11.1. The molecule has 0 fully saturated rings. The number of anilines is 2. The minimum Gasteiger partial charge on any atom is -0.322 e. The lowest BCUT2D eigenvalue weighted by molar-refractivity contribution is 0.102. The quantitative estimate of drug-likeness (QED) is 0.665. The van der Waals surface area contributed by atoms with Gasteiger partial charge in [0.05, 0.1) is 0 Å². The van der Waals surface area contributed by atoms with Crippen LogP contribution in [0, 0.1) is 19.7 Å². The third-order valence-corrected chi connectivity index (χ3v) is 5.43. The molecule has 0 radical (unpaired) electrons. The number of hydrogen-bond acceptors (Lipinski definition) is 3. The van der Waals surface area contributed by atoms with Gasteiger partial charge in [0, 0.05) is 16.9 Å². The summed E-state index contributed by atoms with van der Waals surface area (Å²) < 4.78 is 41.8. The summed E-state index contributed by atoms with van der Waals surface area (Å²) in [5, 5.41) is 2.68. The summed E-state index contributed by atoms with van der Waals surface area (Å²) in [4.78, 5) is 11.9. The van der Waals surface area contributed by atoms with E-state index in [-0.39, 0.29) is 5.56 Å². The van der Waals surface area contributed by atoms with Crippen molar-refractivity contribution in [1.29, 1.82) is 0 Å². The molecule has 0 unspecified atom stereocenters. The molecule has 0 heterocycles. The van der Waals surface area contributed by atoms with Gasteiger partial charge in [-0.2, -0.15) is 0 Å². The molecule has 2 N–H and O–H groups in total. The first kappa shape index (κ1) is 19.6. The Morgan fingerprint density at radius 3 is 2.11 bits per heavy atom. The largest absolute Gasteiger partial charge is 0.322 e. The SMILES string of the molecule is Cc1cccc(NC(=O)c2ccc(F)c(S(=O)(=O)Nc3cccc(C)c3)c2)c1. The van der Waals surface area contributed by atoms with Gasteiger partial charge < -0.3 is 5.32 Å². The van der Waals surface area contributed by atoms with E-state index in [9.17, 15) is 17.6 Å². The summed E-state index contributed by atoms with van der Waals surface area (Å²) in [6.45, 7) is 3.70. The van der Waals surface area contributed by atoms with Crippen LogP contribution in [0.3, 0.4) is 0 Å². The monoisotopic (exact) mass is 398 g/mol. The second-order valence-electron chi connectivity index (χ2n) is 6.44. The highest BCUT2D eigenvalue weighted by Gasteiger charge is 2.21. The summed E-state index contributed by atoms with van der Waals surface area (Å²) in [5.41, 5.74) is 2.73. The first-order chi connectivity index (χ1) is 13.2. The molecule has 0 aliphatic heterocycles. The topological polar surface area (TPSA) is 75.3 Å². The molecule has 144 valence electrons. The standard InChI is InChI=1S/C21H19FN2O3S/c1-14-5-3-7-17(11-14)23-21(25)16-9-10-19(22)20(13-16)28(26,27)24-18-8-4-6-15(2)12-18/h3-13,24H,1-2H3,(H,23,25). The number of halogens is 1. The third kappa shape index (κ3) is 4.55. The summed E-state index contributed by atoms with van der Waals surface area (Å²) in [6, 6.07) is 17.1. The van der Waals surface area contributed by atoms with E-state index in [0.717, 1.165) is 23.3 Å². The Labute approximate surface area is 163 Å². The lowest BCUT2D eigenvalue weighted by Gasteiger charge is -2.11. The molecule has 0 aliphatic rings. The number of benzene rings is 3. The average Bonchev–Trinajstić information content (AvgIpc) is 2.61. The van der Waals surface area contributed by atoms with Crippen LogP contribution < -0.4 is 10.0 Å². The van der Waals surface area contributed by atoms with Crippen molar-refractivity contribution in [2.24, 2.45) is 0 Å². The van der Waals surface area contributed by atoms with E-state index >= 15 is 0 Å². The first-order valence-corrected chi connectivity index (χ1v) is 10.00. The highest BCUT2D eigenvalue weighted by Crippen LogP contribution is 2.22. The lowest BCUT2D eigenvalue weighted by Crippen LogP contribution is -2.17. The van der Waals surface area contributed by atoms with Crippen molar-refractivity contribution < 1.29 is 17.6 Å². The maximum absolute atomic E-state index is 14.2. The number of sulfonamides is 1. The molecule has 0 spiro atoms. The van der Waals surface area contributed by atoms with Gasteiger partial charge in [0.25, 0.3) is 15.9 Å². The highest BCUT2D eigenvalue weighted by molar-refractivity contribution is 7.92. The van der Waals surface area contributed by atoms with E-state index in [1.807, 2.05) is 26.0 Å². The zero-order valence-corrected chi connectivity index (χ0v) is 16.2. The summed E-state index contributed by atoms with van der Waals surface area (Å²) in [6.07, 6.45) is 0. The van der Waals surface area contributed by atoms with Gasteiger partial charge >= 0.3 is 0 Å². The molecule has 0 saturated heterocycles. The van der Waals surface area contributed by atoms with Gasteiger partial charge in [-0.05, 0) is 67.4 Å². The van der Waals surface area contributed by atoms with Crippen molar-refractivity contribution in [2.75, 3.05) is 10.0 Å². The van der Waals surface area contributed by atoms with Crippen molar-refractivity contribution in [3.05, 3.63) is 89.2 Å². The van der Waals surface area contributed by atoms with Gasteiger partial charge in [-0.15, -0.1) is 0 Å². The number of nitrogens with one attached hydrogen (secondary N) is 2. The van der Waals surface area contributed by atoms with Gasteiger partial charge in [0.1, 0.15) is 10.7 Å². The van der Waals surface area contributed by atoms with Crippen molar-refractivity contribution in [3.8, 4) is 0 Å². The summed E-state index contributed by atoms with van der Waals surface area (Å²) in [7, 11) is -4.20. The Morgan fingerprint density at radius 2 is 1.46 bits per heavy atom. The predicted molar refractivity (Wildman–Crippen MR) is 108 cm³/mol. The van der Waals surface area contributed by atoms with Crippen molar-refractivity contribution in [3.63, 3.8) is 0 Å². The molecule has 3 rings (SSSR count). The van der Waals surface area contributed by atoms with E-state index in [1.165, 1.54) is 6.07 Å². The van der Waals surface area contributed by atoms with E-state index in [4.69, 9.17) is 0 Å². The molecular weight excluding hydrogens is 379 g/mol. The van der Waals surface area contributed by atoms with Crippen LogP contribution in [0.1, 0.15) is 21.5 Å². The molecule has 7 heteroatoms. The molecule has 0 aliphatic carbocycles. The number of carbonyl (C=O) groups is 1. The first-order valence-electron chi connectivity index (χ1n) is 8.52. The fourth-order valence-electron chi connectivity index (χ4n) is 2.70. The van der Waals surface area contributed by atoms with Crippen LogP contribution in [-0.2, 0) is 10.0 Å². The van der Waals surface area contributed by atoms with Crippen LogP contribution in [0.25, 0.3) is 0 Å². The predicted octanol–water partition coefficient (Wildman–Crippen LogP) is 4.50. The minimum absolute atomic E-state index is 0.0347. The van der Waals surface area contributed by atoms with Crippen molar-refractivity contribution in [2.45, 2.75) is 18.7 Å². The number of rotatable bonds is 5. The molecule has 1 amide bonds. The van der Waals surface area contributed by atoms with Gasteiger partial charge in [0.15, 0.2) is 0 Å². The number of carbonyl (C=O) groups excluding carboxylic acids is 1. The van der Waals surface area contributed by atoms with Crippen molar-refractivity contribution in [1.82, 2.24) is 0 Å². The second kappa shape index (κ2) is 7.82. The molecule has 0 saturated carbocycles. The van der Waals surface area contributed by atoms with Gasteiger partial charge in [0.2, 0.25) is 0 Å². The lowest BCUT2D eigenvalue weighted by atomic mass is 10.2. The Morgan fingerprint density at radius 1 is 0.857 bits per heavy atom. The van der Waals surface area contributed by atoms with Gasteiger partial charge in [-0.25, -0.2) is 12.8 Å². The zero-order valence-electron chi connectivity index (χ0n) is 15.4. The fraction of sp³-hybridized carbons (Fsp3) is 0.0952. The molecule has 0 bridgehead atoms. The second-order valence-corrected chi connectivity index (χ2v) is 8.09. The minimum atomic E-state index is -4.20. The van der Waals surface area contributed by atoms with Crippen LogP contribution in [0.15, 0.2) is 71.6 Å².